The van der Waals surface area contributed by atoms with Crippen LogP contribution in [-0.2, 0) is 6.54 Å². The number of hydrogen-bond acceptors (Lipinski definition) is 7. The van der Waals surface area contributed by atoms with Gasteiger partial charge in [-0.05, 0) is 27.8 Å². The van der Waals surface area contributed by atoms with E-state index in [1.54, 1.807) is 13.8 Å². The molecule has 1 aromatic carbocycles. The second-order valence-corrected chi connectivity index (χ2v) is 6.81. The van der Waals surface area contributed by atoms with Gasteiger partial charge < -0.3 is 14.0 Å². The van der Waals surface area contributed by atoms with E-state index in [2.05, 4.69) is 15.4 Å². The van der Waals surface area contributed by atoms with E-state index < -0.39 is 5.60 Å². The summed E-state index contributed by atoms with van der Waals surface area (Å²) >= 11 is 0. The highest BCUT2D eigenvalue weighted by molar-refractivity contribution is 5.77. The maximum atomic E-state index is 9.89. The molecule has 25 heavy (non-hydrogen) atoms. The zero-order chi connectivity index (χ0) is 18.0. The van der Waals surface area contributed by atoms with Crippen molar-refractivity contribution >= 4 is 0 Å². The van der Waals surface area contributed by atoms with Crippen LogP contribution in [0.5, 0.6) is 0 Å². The average Bonchev–Trinajstić information content (AvgIpc) is 3.12. The summed E-state index contributed by atoms with van der Waals surface area (Å²) in [5.41, 5.74) is 1.52. The zero-order valence-corrected chi connectivity index (χ0v) is 14.9. The van der Waals surface area contributed by atoms with Gasteiger partial charge in [-0.15, -0.1) is 10.2 Å². The highest BCUT2D eigenvalue weighted by Crippen LogP contribution is 2.33. The van der Waals surface area contributed by atoms with Crippen molar-refractivity contribution in [2.24, 2.45) is 0 Å². The fraction of sp³-hybridized carbons (Fsp3) is 0.389. The molecule has 2 heterocycles. The Morgan fingerprint density at radius 2 is 1.88 bits per heavy atom. The van der Waals surface area contributed by atoms with Gasteiger partial charge in [0.1, 0.15) is 17.0 Å². The smallest absolute Gasteiger partial charge is 0.253 e. The second-order valence-electron chi connectivity index (χ2n) is 6.81. The van der Waals surface area contributed by atoms with Crippen molar-refractivity contribution in [1.29, 1.82) is 0 Å². The van der Waals surface area contributed by atoms with Crippen molar-refractivity contribution in [3.63, 3.8) is 0 Å². The Morgan fingerprint density at radius 1 is 1.16 bits per heavy atom. The highest BCUT2D eigenvalue weighted by atomic mass is 16.5. The van der Waals surface area contributed by atoms with E-state index in [-0.39, 0.29) is 0 Å². The highest BCUT2D eigenvalue weighted by Gasteiger charge is 2.23. The maximum absolute atomic E-state index is 9.89. The molecule has 0 bridgehead atoms. The molecule has 0 aliphatic rings. The fourth-order valence-corrected chi connectivity index (χ4v) is 2.78. The molecular weight excluding hydrogens is 320 g/mol. The summed E-state index contributed by atoms with van der Waals surface area (Å²) in [6, 6.07) is 9.73. The molecule has 0 saturated carbocycles. The van der Waals surface area contributed by atoms with Gasteiger partial charge in [-0.25, -0.2) is 0 Å². The Hall–Kier alpha value is -2.51. The molecular formula is C18H22N4O3. The van der Waals surface area contributed by atoms with Gasteiger partial charge in [0.2, 0.25) is 5.89 Å². The van der Waals surface area contributed by atoms with E-state index in [0.717, 1.165) is 5.56 Å². The monoisotopic (exact) mass is 342 g/mol. The van der Waals surface area contributed by atoms with Gasteiger partial charge in [0.05, 0.1) is 12.1 Å². The third-order valence-electron chi connectivity index (χ3n) is 3.65. The third kappa shape index (κ3) is 4.12. The molecule has 0 unspecified atom stereocenters. The van der Waals surface area contributed by atoms with E-state index in [0.29, 0.717) is 41.9 Å². The van der Waals surface area contributed by atoms with Crippen LogP contribution < -0.4 is 0 Å². The van der Waals surface area contributed by atoms with Gasteiger partial charge in [0, 0.05) is 12.1 Å². The lowest BCUT2D eigenvalue weighted by atomic mass is 10.1. The summed E-state index contributed by atoms with van der Waals surface area (Å²) in [5, 5.41) is 22.3. The van der Waals surface area contributed by atoms with E-state index >= 15 is 0 Å². The third-order valence-corrected chi connectivity index (χ3v) is 3.65. The van der Waals surface area contributed by atoms with E-state index in [1.165, 1.54) is 0 Å². The molecule has 0 saturated heterocycles. The number of rotatable bonds is 6. The number of likely N-dealkylation sites (N-methyl/N-ethyl adjacent to an activating group) is 1. The quantitative estimate of drug-likeness (QED) is 0.737. The van der Waals surface area contributed by atoms with Gasteiger partial charge in [-0.2, -0.15) is 0 Å². The molecule has 0 aliphatic carbocycles. The Kier molecular flexibility index (Phi) is 4.69. The molecule has 0 spiro atoms. The summed E-state index contributed by atoms with van der Waals surface area (Å²) in [6.45, 7) is 6.28. The number of aliphatic hydroxyl groups is 1. The maximum Gasteiger partial charge on any atom is 0.253 e. The minimum Gasteiger partial charge on any atom is -0.419 e. The van der Waals surface area contributed by atoms with E-state index in [4.69, 9.17) is 8.94 Å². The number of benzene rings is 1. The summed E-state index contributed by atoms with van der Waals surface area (Å²) < 4.78 is 11.2. The second kappa shape index (κ2) is 6.78. The van der Waals surface area contributed by atoms with Crippen molar-refractivity contribution in [2.45, 2.75) is 32.9 Å². The van der Waals surface area contributed by atoms with Gasteiger partial charge in [-0.1, -0.05) is 35.5 Å². The molecule has 1 N–H and O–H groups in total. The van der Waals surface area contributed by atoms with Gasteiger partial charge in [0.15, 0.2) is 0 Å². The van der Waals surface area contributed by atoms with Crippen LogP contribution in [0.15, 0.2) is 39.3 Å². The predicted octanol–water partition coefficient (Wildman–Crippen LogP) is 2.90. The van der Waals surface area contributed by atoms with E-state index in [1.807, 2.05) is 49.2 Å². The molecule has 0 atom stereocenters. The number of nitrogens with zero attached hydrogens (tertiary/aromatic N) is 4. The predicted molar refractivity (Wildman–Crippen MR) is 92.6 cm³/mol. The Balaban J connectivity index is 1.85. The first-order valence-corrected chi connectivity index (χ1v) is 8.09. The first-order valence-electron chi connectivity index (χ1n) is 8.09. The molecule has 3 aromatic rings. The topological polar surface area (TPSA) is 88.4 Å². The fourth-order valence-electron chi connectivity index (χ4n) is 2.78. The molecule has 132 valence electrons. The van der Waals surface area contributed by atoms with Crippen LogP contribution in [0.3, 0.4) is 0 Å². The Morgan fingerprint density at radius 3 is 2.56 bits per heavy atom. The number of aromatic nitrogens is 3. The van der Waals surface area contributed by atoms with Crippen molar-refractivity contribution in [2.75, 3.05) is 13.6 Å². The molecule has 0 amide bonds. The molecule has 3 rings (SSSR count). The number of hydrogen-bond donors (Lipinski definition) is 1. The molecule has 0 fully saturated rings. The number of aryl methyl sites for hydroxylation is 1. The van der Waals surface area contributed by atoms with Crippen molar-refractivity contribution in [1.82, 2.24) is 20.3 Å². The molecule has 7 nitrogen and oxygen atoms in total. The van der Waals surface area contributed by atoms with Gasteiger partial charge in [0.25, 0.3) is 5.89 Å². The van der Waals surface area contributed by atoms with Gasteiger partial charge >= 0.3 is 0 Å². The van der Waals surface area contributed by atoms with Crippen molar-refractivity contribution in [3.8, 4) is 22.7 Å². The summed E-state index contributed by atoms with van der Waals surface area (Å²) in [5.74, 6) is 1.48. The van der Waals surface area contributed by atoms with Crippen LogP contribution in [-0.4, -0.2) is 44.6 Å². The molecule has 0 radical (unpaired) electrons. The van der Waals surface area contributed by atoms with Crippen LogP contribution >= 0.6 is 0 Å². The zero-order valence-electron chi connectivity index (χ0n) is 14.9. The minimum absolute atomic E-state index is 0.379. The summed E-state index contributed by atoms with van der Waals surface area (Å²) in [4.78, 5) is 1.93. The molecule has 2 aromatic heterocycles. The van der Waals surface area contributed by atoms with E-state index in [9.17, 15) is 5.11 Å². The van der Waals surface area contributed by atoms with Crippen LogP contribution in [0.2, 0.25) is 0 Å². The molecule has 0 aliphatic heterocycles. The minimum atomic E-state index is -0.789. The summed E-state index contributed by atoms with van der Waals surface area (Å²) in [6.07, 6.45) is 0. The lowest BCUT2D eigenvalue weighted by molar-refractivity contribution is 0.0403. The van der Waals surface area contributed by atoms with Crippen molar-refractivity contribution in [3.05, 3.63) is 42.0 Å². The first kappa shape index (κ1) is 17.3. The van der Waals surface area contributed by atoms with Crippen molar-refractivity contribution < 1.29 is 14.0 Å². The van der Waals surface area contributed by atoms with Crippen LogP contribution in [0, 0.1) is 6.92 Å². The normalized spacial score (nSPS) is 12.1. The molecule has 7 heteroatoms. The Bertz CT molecular complexity index is 834. The SMILES string of the molecule is Cc1onc(-c2ccccc2)c1-c1nnc(CN(C)CC(C)(C)O)o1. The standard InChI is InChI=1S/C18H22N4O3/c1-12-15(16(21-25-12)13-8-6-5-7-9-13)17-20-19-14(24-17)10-22(4)11-18(2,3)23/h5-9,23H,10-11H2,1-4H3. The van der Waals surface area contributed by atoms with Crippen LogP contribution in [0.1, 0.15) is 25.5 Å². The van der Waals surface area contributed by atoms with Gasteiger partial charge in [-0.3, -0.25) is 4.90 Å². The largest absolute Gasteiger partial charge is 0.419 e. The lowest BCUT2D eigenvalue weighted by Crippen LogP contribution is -2.35. The average molecular weight is 342 g/mol. The lowest BCUT2D eigenvalue weighted by Gasteiger charge is -2.23. The van der Waals surface area contributed by atoms with Crippen LogP contribution in [0.4, 0.5) is 0 Å². The first-order chi connectivity index (χ1) is 11.8. The summed E-state index contributed by atoms with van der Waals surface area (Å²) in [7, 11) is 1.89. The van der Waals surface area contributed by atoms with Crippen LogP contribution in [0.25, 0.3) is 22.7 Å². The Labute approximate surface area is 146 Å².